The normalized spacial score (nSPS) is 29.1. The van der Waals surface area contributed by atoms with Crippen molar-refractivity contribution in [2.24, 2.45) is 11.1 Å². The maximum atomic E-state index is 12.1. The molecule has 1 saturated carbocycles. The van der Waals surface area contributed by atoms with Crippen LogP contribution in [0.5, 0.6) is 0 Å². The molecule has 1 aliphatic carbocycles. The molecular weight excluding hydrogens is 294 g/mol. The largest absolute Gasteiger partial charge is 0.393 e. The average molecular weight is 313 g/mol. The Hall–Kier alpha value is -0.980. The van der Waals surface area contributed by atoms with Crippen LogP contribution in [0.3, 0.4) is 0 Å². The van der Waals surface area contributed by atoms with Gasteiger partial charge in [0, 0.05) is 18.8 Å². The molecule has 0 bridgehead atoms. The van der Waals surface area contributed by atoms with E-state index in [1.165, 1.54) is 6.26 Å². The first-order chi connectivity index (χ1) is 9.35. The highest BCUT2D eigenvalue weighted by atomic mass is 32.2. The van der Waals surface area contributed by atoms with Gasteiger partial charge in [-0.25, -0.2) is 8.42 Å². The minimum absolute atomic E-state index is 0.218. The SMILES string of the molecule is CCOC[C@@]1(C(N)=S)[C@H](S(C)(=O)=O)[C@@H]1c1ccccc1. The van der Waals surface area contributed by atoms with Crippen molar-refractivity contribution >= 4 is 27.0 Å². The van der Waals surface area contributed by atoms with Crippen molar-refractivity contribution in [2.45, 2.75) is 18.1 Å². The molecule has 0 radical (unpaired) electrons. The molecule has 0 aliphatic heterocycles. The summed E-state index contributed by atoms with van der Waals surface area (Å²) in [7, 11) is -3.26. The summed E-state index contributed by atoms with van der Waals surface area (Å²) in [6.07, 6.45) is 1.24. The van der Waals surface area contributed by atoms with E-state index in [1.807, 2.05) is 37.3 Å². The summed E-state index contributed by atoms with van der Waals surface area (Å²) in [5, 5.41) is -0.596. The van der Waals surface area contributed by atoms with Crippen molar-refractivity contribution in [2.75, 3.05) is 19.5 Å². The number of hydrogen-bond donors (Lipinski definition) is 1. The zero-order valence-electron chi connectivity index (χ0n) is 11.6. The minimum atomic E-state index is -3.26. The summed E-state index contributed by atoms with van der Waals surface area (Å²) in [4.78, 5) is 0.218. The number of benzene rings is 1. The highest BCUT2D eigenvalue weighted by molar-refractivity contribution is 7.92. The Bertz CT molecular complexity index is 600. The first kappa shape index (κ1) is 15.4. The zero-order chi connectivity index (χ0) is 15.0. The molecule has 0 aromatic heterocycles. The highest BCUT2D eigenvalue weighted by Crippen LogP contribution is 2.63. The molecule has 0 amide bonds. The molecule has 3 atom stereocenters. The second-order valence-electron chi connectivity index (χ2n) is 5.18. The van der Waals surface area contributed by atoms with Crippen LogP contribution in [0.4, 0.5) is 0 Å². The van der Waals surface area contributed by atoms with E-state index in [-0.39, 0.29) is 17.5 Å². The van der Waals surface area contributed by atoms with Crippen LogP contribution in [-0.2, 0) is 14.6 Å². The summed E-state index contributed by atoms with van der Waals surface area (Å²) < 4.78 is 29.6. The molecule has 1 aromatic rings. The fourth-order valence-corrected chi connectivity index (χ4v) is 5.28. The molecule has 0 unspecified atom stereocenters. The maximum Gasteiger partial charge on any atom is 0.152 e. The number of thiocarbonyl (C=S) groups is 1. The van der Waals surface area contributed by atoms with Crippen molar-refractivity contribution in [3.63, 3.8) is 0 Å². The van der Waals surface area contributed by atoms with Gasteiger partial charge >= 0.3 is 0 Å². The quantitative estimate of drug-likeness (QED) is 0.806. The maximum absolute atomic E-state index is 12.1. The molecule has 0 saturated heterocycles. The van der Waals surface area contributed by atoms with Gasteiger partial charge in [-0.1, -0.05) is 42.5 Å². The third-order valence-corrected chi connectivity index (χ3v) is 5.88. The van der Waals surface area contributed by atoms with Crippen LogP contribution in [0.2, 0.25) is 0 Å². The molecule has 1 aromatic carbocycles. The third-order valence-electron chi connectivity index (χ3n) is 3.88. The highest BCUT2D eigenvalue weighted by Gasteiger charge is 2.71. The Morgan fingerprint density at radius 3 is 2.45 bits per heavy atom. The smallest absolute Gasteiger partial charge is 0.152 e. The molecule has 4 nitrogen and oxygen atoms in total. The Morgan fingerprint density at radius 1 is 1.40 bits per heavy atom. The van der Waals surface area contributed by atoms with Crippen LogP contribution in [0.1, 0.15) is 18.4 Å². The number of sulfone groups is 1. The fraction of sp³-hybridized carbons (Fsp3) is 0.500. The zero-order valence-corrected chi connectivity index (χ0v) is 13.2. The lowest BCUT2D eigenvalue weighted by Crippen LogP contribution is -2.33. The Balaban J connectivity index is 2.45. The van der Waals surface area contributed by atoms with Crippen LogP contribution in [0, 0.1) is 5.41 Å². The molecular formula is C14H19NO3S2. The van der Waals surface area contributed by atoms with E-state index < -0.39 is 20.5 Å². The number of nitrogens with two attached hydrogens (primary N) is 1. The van der Waals surface area contributed by atoms with Crippen molar-refractivity contribution in [3.05, 3.63) is 35.9 Å². The van der Waals surface area contributed by atoms with Crippen LogP contribution in [-0.4, -0.2) is 38.1 Å². The Labute approximate surface area is 125 Å². The van der Waals surface area contributed by atoms with Crippen LogP contribution in [0.25, 0.3) is 0 Å². The van der Waals surface area contributed by atoms with Gasteiger partial charge in [0.2, 0.25) is 0 Å². The predicted molar refractivity (Wildman–Crippen MR) is 83.5 cm³/mol. The summed E-state index contributed by atoms with van der Waals surface area (Å²) in [6.45, 7) is 2.61. The van der Waals surface area contributed by atoms with Crippen molar-refractivity contribution in [1.82, 2.24) is 0 Å². The summed E-state index contributed by atoms with van der Waals surface area (Å²) in [6, 6.07) is 9.49. The molecule has 20 heavy (non-hydrogen) atoms. The lowest BCUT2D eigenvalue weighted by molar-refractivity contribution is 0.121. The standard InChI is InChI=1S/C14H19NO3S2/c1-3-18-9-14(13(15)19)11(12(14)20(2,16)17)10-7-5-4-6-8-10/h4-8,11-12H,3,9H2,1-2H3,(H2,15,19)/t11-,12+,14-/m0/s1. The van der Waals surface area contributed by atoms with Gasteiger partial charge in [0.15, 0.2) is 9.84 Å². The second kappa shape index (κ2) is 5.42. The lowest BCUT2D eigenvalue weighted by atomic mass is 10.00. The number of ether oxygens (including phenoxy) is 1. The van der Waals surface area contributed by atoms with E-state index in [1.54, 1.807) is 0 Å². The van der Waals surface area contributed by atoms with E-state index in [0.29, 0.717) is 6.61 Å². The van der Waals surface area contributed by atoms with Crippen molar-refractivity contribution < 1.29 is 13.2 Å². The van der Waals surface area contributed by atoms with Gasteiger partial charge in [0.1, 0.15) is 0 Å². The van der Waals surface area contributed by atoms with Gasteiger partial charge in [-0.15, -0.1) is 0 Å². The van der Waals surface area contributed by atoms with E-state index in [0.717, 1.165) is 5.56 Å². The van der Waals surface area contributed by atoms with Gasteiger partial charge in [-0.3, -0.25) is 0 Å². The van der Waals surface area contributed by atoms with Crippen LogP contribution < -0.4 is 5.73 Å². The van der Waals surface area contributed by atoms with Crippen molar-refractivity contribution in [1.29, 1.82) is 0 Å². The minimum Gasteiger partial charge on any atom is -0.393 e. The molecule has 6 heteroatoms. The summed E-state index contributed by atoms with van der Waals surface area (Å²) in [5.41, 5.74) is 6.04. The van der Waals surface area contributed by atoms with Gasteiger partial charge in [-0.05, 0) is 12.5 Å². The average Bonchev–Trinajstić information content (AvgIpc) is 3.08. The monoisotopic (exact) mass is 313 g/mol. The molecule has 1 fully saturated rings. The summed E-state index contributed by atoms with van der Waals surface area (Å²) in [5.74, 6) is -0.220. The summed E-state index contributed by atoms with van der Waals surface area (Å²) >= 11 is 5.16. The third kappa shape index (κ3) is 2.47. The molecule has 2 rings (SSSR count). The van der Waals surface area contributed by atoms with E-state index in [4.69, 9.17) is 22.7 Å². The molecule has 0 heterocycles. The molecule has 1 aliphatic rings. The van der Waals surface area contributed by atoms with E-state index >= 15 is 0 Å². The second-order valence-corrected chi connectivity index (χ2v) is 7.79. The number of hydrogen-bond acceptors (Lipinski definition) is 4. The van der Waals surface area contributed by atoms with Gasteiger partial charge in [-0.2, -0.15) is 0 Å². The van der Waals surface area contributed by atoms with Crippen LogP contribution >= 0.6 is 12.2 Å². The molecule has 0 spiro atoms. The first-order valence-electron chi connectivity index (χ1n) is 6.47. The van der Waals surface area contributed by atoms with Gasteiger partial charge < -0.3 is 10.5 Å². The van der Waals surface area contributed by atoms with Crippen molar-refractivity contribution in [3.8, 4) is 0 Å². The van der Waals surface area contributed by atoms with Gasteiger partial charge in [0.05, 0.1) is 22.3 Å². The Morgan fingerprint density at radius 2 is 2.00 bits per heavy atom. The molecule has 2 N–H and O–H groups in total. The Kier molecular flexibility index (Phi) is 4.18. The topological polar surface area (TPSA) is 69.4 Å². The first-order valence-corrected chi connectivity index (χ1v) is 8.83. The lowest BCUT2D eigenvalue weighted by Gasteiger charge is -2.16. The van der Waals surface area contributed by atoms with Gasteiger partial charge in [0.25, 0.3) is 0 Å². The van der Waals surface area contributed by atoms with Crippen LogP contribution in [0.15, 0.2) is 30.3 Å². The fourth-order valence-electron chi connectivity index (χ4n) is 2.97. The van der Waals surface area contributed by atoms with E-state index in [2.05, 4.69) is 0 Å². The number of rotatable bonds is 6. The predicted octanol–water partition coefficient (Wildman–Crippen LogP) is 1.51. The van der Waals surface area contributed by atoms with E-state index in [9.17, 15) is 8.42 Å². The molecule has 110 valence electrons.